The van der Waals surface area contributed by atoms with E-state index in [1.54, 1.807) is 0 Å². The Morgan fingerprint density at radius 2 is 0.983 bits per heavy atom. The molecule has 10 rings (SSSR count). The van der Waals surface area contributed by atoms with Crippen LogP contribution in [0.4, 0.5) is 11.4 Å². The van der Waals surface area contributed by atoms with Crippen molar-refractivity contribution in [1.82, 2.24) is 0 Å². The van der Waals surface area contributed by atoms with Crippen molar-refractivity contribution in [1.29, 1.82) is 0 Å². The predicted molar refractivity (Wildman–Crippen MR) is 235 cm³/mol. The molecular formula is C48H46N2O8S2. The Kier molecular flexibility index (Phi) is 10.1. The van der Waals surface area contributed by atoms with E-state index in [2.05, 4.69) is 64.1 Å². The monoisotopic (exact) mass is 842 g/mol. The van der Waals surface area contributed by atoms with Gasteiger partial charge in [-0.05, 0) is 135 Å². The zero-order valence-electron chi connectivity index (χ0n) is 34.0. The van der Waals surface area contributed by atoms with Gasteiger partial charge in [-0.2, -0.15) is 0 Å². The summed E-state index contributed by atoms with van der Waals surface area (Å²) in [6.07, 6.45) is 7.51. The average Bonchev–Trinajstić information content (AvgIpc) is 3.97. The second kappa shape index (κ2) is 15.2. The number of nitro groups is 2. The van der Waals surface area contributed by atoms with Crippen LogP contribution in [0, 0.1) is 44.9 Å². The third kappa shape index (κ3) is 6.87. The summed E-state index contributed by atoms with van der Waals surface area (Å²) in [4.78, 5) is 49.1. The summed E-state index contributed by atoms with van der Waals surface area (Å²) < 4.78 is 14.7. The van der Waals surface area contributed by atoms with Crippen LogP contribution in [0.1, 0.15) is 117 Å². The largest absolute Gasteiger partial charge is 0.458 e. The summed E-state index contributed by atoms with van der Waals surface area (Å²) in [5.41, 5.74) is 6.06. The van der Waals surface area contributed by atoms with Gasteiger partial charge >= 0.3 is 11.9 Å². The number of esters is 2. The third-order valence-electron chi connectivity index (χ3n) is 14.0. The number of hydrogen-bond donors (Lipinski definition) is 0. The molecule has 12 heteroatoms. The van der Waals surface area contributed by atoms with Crippen molar-refractivity contribution in [3.8, 4) is 0 Å². The van der Waals surface area contributed by atoms with E-state index in [1.165, 1.54) is 101 Å². The van der Waals surface area contributed by atoms with Crippen LogP contribution in [0.15, 0.2) is 84.9 Å². The molecule has 2 fully saturated rings. The molecule has 60 heavy (non-hydrogen) atoms. The van der Waals surface area contributed by atoms with E-state index in [1.807, 2.05) is 22.7 Å². The minimum Gasteiger partial charge on any atom is -0.458 e. The fraction of sp³-hybridized carbons (Fsp3) is 0.375. The molecule has 308 valence electrons. The van der Waals surface area contributed by atoms with Crippen LogP contribution in [0.2, 0.25) is 0 Å². The van der Waals surface area contributed by atoms with Crippen molar-refractivity contribution in [2.75, 3.05) is 0 Å². The maximum absolute atomic E-state index is 12.7. The van der Waals surface area contributed by atoms with Gasteiger partial charge in [0.2, 0.25) is 0 Å². The molecule has 0 saturated heterocycles. The van der Waals surface area contributed by atoms with Crippen LogP contribution in [0.3, 0.4) is 0 Å². The molecule has 2 heterocycles. The Labute approximate surface area is 355 Å². The van der Waals surface area contributed by atoms with E-state index < -0.39 is 21.8 Å². The molecule has 4 aliphatic rings. The van der Waals surface area contributed by atoms with Crippen LogP contribution in [-0.4, -0.2) is 34.0 Å². The van der Waals surface area contributed by atoms with Gasteiger partial charge in [0.15, 0.2) is 0 Å². The summed E-state index contributed by atoms with van der Waals surface area (Å²) in [7, 11) is 0. The molecule has 2 saturated carbocycles. The molecule has 6 aromatic rings. The standard InChI is InChI=1S/2C24H23NO4S/c2*1-14-3-8-17-18-11-12-24(2)19(22(18)30-20(17)13-14)9-10-21(24)29-23(26)15-4-6-16(7-5-15)25(27)28/h2*3-8,13,19,21H,9-12H2,1-2H3/t2*19?,21?,24-/m11/s1. The van der Waals surface area contributed by atoms with Crippen molar-refractivity contribution >= 4 is 66.2 Å². The quantitative estimate of drug-likeness (QED) is 0.0917. The van der Waals surface area contributed by atoms with E-state index >= 15 is 0 Å². The Balaban J connectivity index is 0.000000154. The number of carbonyl (C=O) groups is 2. The molecule has 10 nitrogen and oxygen atoms in total. The molecule has 0 aliphatic heterocycles. The summed E-state index contributed by atoms with van der Waals surface area (Å²) >= 11 is 3.81. The van der Waals surface area contributed by atoms with Gasteiger partial charge in [0.1, 0.15) is 12.2 Å². The highest BCUT2D eigenvalue weighted by molar-refractivity contribution is 7.19. The summed E-state index contributed by atoms with van der Waals surface area (Å²) in [6, 6.07) is 24.7. The minimum atomic E-state index is -0.468. The summed E-state index contributed by atoms with van der Waals surface area (Å²) in [6.45, 7) is 8.78. The van der Waals surface area contributed by atoms with E-state index in [0.717, 1.165) is 51.4 Å². The second-order valence-corrected chi connectivity index (χ2v) is 19.7. The van der Waals surface area contributed by atoms with Crippen LogP contribution < -0.4 is 0 Å². The minimum absolute atomic E-state index is 0.0285. The van der Waals surface area contributed by atoms with E-state index in [0.29, 0.717) is 23.0 Å². The van der Waals surface area contributed by atoms with Gasteiger partial charge in [-0.3, -0.25) is 20.2 Å². The van der Waals surface area contributed by atoms with Gasteiger partial charge in [-0.1, -0.05) is 38.1 Å². The fourth-order valence-corrected chi connectivity index (χ4v) is 13.9. The molecule has 4 aliphatic carbocycles. The number of non-ortho nitro benzene ring substituents is 2. The molecule has 0 spiro atoms. The van der Waals surface area contributed by atoms with Gasteiger partial charge in [0.05, 0.1) is 21.0 Å². The smallest absolute Gasteiger partial charge is 0.338 e. The Morgan fingerprint density at radius 1 is 0.600 bits per heavy atom. The molecule has 4 aromatic carbocycles. The first-order chi connectivity index (χ1) is 28.7. The number of benzene rings is 4. The molecule has 2 aromatic heterocycles. The van der Waals surface area contributed by atoms with Crippen molar-refractivity contribution in [3.05, 3.63) is 148 Å². The second-order valence-electron chi connectivity index (χ2n) is 17.6. The van der Waals surface area contributed by atoms with Crippen molar-refractivity contribution in [2.24, 2.45) is 10.8 Å². The van der Waals surface area contributed by atoms with E-state index in [4.69, 9.17) is 9.47 Å². The molecule has 6 atom stereocenters. The van der Waals surface area contributed by atoms with Crippen molar-refractivity contribution in [2.45, 2.75) is 103 Å². The first kappa shape index (κ1) is 40.0. The summed E-state index contributed by atoms with van der Waals surface area (Å²) in [5.74, 6) is 0.0336. The van der Waals surface area contributed by atoms with Gasteiger partial charge < -0.3 is 9.47 Å². The number of thiophene rings is 2. The van der Waals surface area contributed by atoms with E-state index in [9.17, 15) is 29.8 Å². The average molecular weight is 843 g/mol. The van der Waals surface area contributed by atoms with Gasteiger partial charge in [-0.25, -0.2) is 9.59 Å². The SMILES string of the molecule is Cc1ccc2c3c(sc2c1)C1CCC(OC(=O)c2ccc([N+](=O)[O-])cc2)[C@]1(C)CC3.Cc1ccc2c3c(sc2c1)C1CCC(OC(=O)c2ccc([N+](=O)[O-])cc2)[C@]1(C)CC3. The number of nitrogens with zero attached hydrogens (tertiary/aromatic N) is 2. The lowest BCUT2D eigenvalue weighted by molar-refractivity contribution is -0.385. The number of fused-ring (bicyclic) bond motifs is 10. The molecule has 0 bridgehead atoms. The first-order valence-electron chi connectivity index (χ1n) is 20.7. The molecule has 0 radical (unpaired) electrons. The fourth-order valence-electron chi connectivity index (χ4n) is 10.6. The maximum atomic E-state index is 12.7. The molecule has 4 unspecified atom stereocenters. The number of nitro benzene ring substituents is 2. The molecule has 0 N–H and O–H groups in total. The number of ether oxygens (including phenoxy) is 2. The van der Waals surface area contributed by atoms with Crippen LogP contribution in [-0.2, 0) is 22.3 Å². The highest BCUT2D eigenvalue weighted by atomic mass is 32.1. The van der Waals surface area contributed by atoms with Gasteiger partial charge in [-0.15, -0.1) is 22.7 Å². The highest BCUT2D eigenvalue weighted by Gasteiger charge is 2.54. The van der Waals surface area contributed by atoms with Gasteiger partial charge in [0, 0.05) is 66.1 Å². The zero-order valence-corrected chi connectivity index (χ0v) is 35.7. The molecule has 0 amide bonds. The third-order valence-corrected chi connectivity index (χ3v) is 16.7. The van der Waals surface area contributed by atoms with Crippen LogP contribution in [0.25, 0.3) is 20.2 Å². The first-order valence-corrected chi connectivity index (χ1v) is 22.3. The zero-order chi connectivity index (χ0) is 42.1. The summed E-state index contributed by atoms with van der Waals surface area (Å²) in [5, 5.41) is 24.4. The normalized spacial score (nSPS) is 25.0. The van der Waals surface area contributed by atoms with Crippen molar-refractivity contribution < 1.29 is 28.9 Å². The number of carbonyl (C=O) groups excluding carboxylic acids is 2. The predicted octanol–water partition coefficient (Wildman–Crippen LogP) is 12.3. The van der Waals surface area contributed by atoms with Crippen LogP contribution in [0.5, 0.6) is 0 Å². The van der Waals surface area contributed by atoms with Crippen molar-refractivity contribution in [3.63, 3.8) is 0 Å². The Hall–Kier alpha value is -5.46. The highest BCUT2D eigenvalue weighted by Crippen LogP contribution is 2.61. The lowest BCUT2D eigenvalue weighted by atomic mass is 9.68. The Morgan fingerprint density at radius 3 is 1.35 bits per heavy atom. The number of hydrogen-bond acceptors (Lipinski definition) is 10. The maximum Gasteiger partial charge on any atom is 0.338 e. The topological polar surface area (TPSA) is 139 Å². The Bertz CT molecular complexity index is 2520. The molecular weight excluding hydrogens is 797 g/mol. The van der Waals surface area contributed by atoms with Gasteiger partial charge in [0.25, 0.3) is 11.4 Å². The lowest BCUT2D eigenvalue weighted by Gasteiger charge is -2.39. The number of aryl methyl sites for hydroxylation is 4. The van der Waals surface area contributed by atoms with Crippen LogP contribution >= 0.6 is 22.7 Å². The van der Waals surface area contributed by atoms with E-state index in [-0.39, 0.29) is 34.4 Å². The lowest BCUT2D eigenvalue weighted by Crippen LogP contribution is -2.37. The number of rotatable bonds is 6.